The van der Waals surface area contributed by atoms with Gasteiger partial charge in [0.15, 0.2) is 0 Å². The van der Waals surface area contributed by atoms with E-state index in [-0.39, 0.29) is 11.7 Å². The van der Waals surface area contributed by atoms with Gasteiger partial charge in [0, 0.05) is 32.5 Å². The van der Waals surface area contributed by atoms with E-state index in [4.69, 9.17) is 11.6 Å². The Morgan fingerprint density at radius 2 is 1.81 bits per heavy atom. The number of anilines is 1. The lowest BCUT2D eigenvalue weighted by atomic mass is 10.2. The van der Waals surface area contributed by atoms with Crippen LogP contribution in [0.2, 0.25) is 5.02 Å². The standard InChI is InChI=1S/C20H13Br2ClN2O2/c21-14-8-13(19(26)18(22)10-14)11-24-16-4-6-17(7-5-16)25-20(27)12-2-1-3-15(23)9-12/h1-11,26H,(H,25,27). The maximum absolute atomic E-state index is 12.2. The molecule has 27 heavy (non-hydrogen) atoms. The number of halogens is 3. The molecule has 0 unspecified atom stereocenters. The fourth-order valence-electron chi connectivity index (χ4n) is 2.29. The van der Waals surface area contributed by atoms with E-state index in [0.29, 0.717) is 32.0 Å². The van der Waals surface area contributed by atoms with Crippen LogP contribution < -0.4 is 5.32 Å². The van der Waals surface area contributed by atoms with Gasteiger partial charge in [-0.3, -0.25) is 9.79 Å². The molecule has 0 saturated heterocycles. The molecule has 4 nitrogen and oxygen atoms in total. The lowest BCUT2D eigenvalue weighted by molar-refractivity contribution is 0.102. The molecule has 3 aromatic rings. The fourth-order valence-corrected chi connectivity index (χ4v) is 3.74. The van der Waals surface area contributed by atoms with Crippen molar-refractivity contribution in [2.24, 2.45) is 4.99 Å². The minimum Gasteiger partial charge on any atom is -0.506 e. The van der Waals surface area contributed by atoms with Crippen LogP contribution in [0, 0.1) is 0 Å². The summed E-state index contributed by atoms with van der Waals surface area (Å²) in [4.78, 5) is 16.6. The monoisotopic (exact) mass is 506 g/mol. The van der Waals surface area contributed by atoms with Crippen molar-refractivity contribution in [2.45, 2.75) is 0 Å². The van der Waals surface area contributed by atoms with Crippen molar-refractivity contribution in [1.29, 1.82) is 0 Å². The molecule has 136 valence electrons. The summed E-state index contributed by atoms with van der Waals surface area (Å²) in [6, 6.07) is 17.3. The van der Waals surface area contributed by atoms with Crippen molar-refractivity contribution < 1.29 is 9.90 Å². The molecule has 0 aliphatic heterocycles. The Morgan fingerprint density at radius 1 is 1.07 bits per heavy atom. The van der Waals surface area contributed by atoms with Gasteiger partial charge in [-0.1, -0.05) is 33.6 Å². The molecule has 0 bridgehead atoms. The molecule has 1 amide bonds. The van der Waals surface area contributed by atoms with Crippen LogP contribution >= 0.6 is 43.5 Å². The molecule has 0 spiro atoms. The number of phenols is 1. The molecular weight excluding hydrogens is 495 g/mol. The van der Waals surface area contributed by atoms with Gasteiger partial charge in [-0.05, 0) is 70.5 Å². The average molecular weight is 509 g/mol. The Balaban J connectivity index is 1.71. The number of carbonyl (C=O) groups is 1. The first-order valence-corrected chi connectivity index (χ1v) is 9.78. The summed E-state index contributed by atoms with van der Waals surface area (Å²) in [5, 5.41) is 13.4. The first-order chi connectivity index (χ1) is 12.9. The molecule has 3 aromatic carbocycles. The molecular formula is C20H13Br2ClN2O2. The number of rotatable bonds is 4. The fraction of sp³-hybridized carbons (Fsp3) is 0. The highest BCUT2D eigenvalue weighted by Crippen LogP contribution is 2.31. The van der Waals surface area contributed by atoms with Crippen LogP contribution in [0.5, 0.6) is 5.75 Å². The largest absolute Gasteiger partial charge is 0.506 e. The van der Waals surface area contributed by atoms with Gasteiger partial charge in [-0.2, -0.15) is 0 Å². The number of carbonyl (C=O) groups excluding carboxylic acids is 1. The van der Waals surface area contributed by atoms with Crippen LogP contribution in [-0.4, -0.2) is 17.2 Å². The second-order valence-electron chi connectivity index (χ2n) is 5.59. The average Bonchev–Trinajstić information content (AvgIpc) is 2.64. The van der Waals surface area contributed by atoms with Gasteiger partial charge in [0.2, 0.25) is 0 Å². The molecule has 0 radical (unpaired) electrons. The molecule has 0 aliphatic carbocycles. The van der Waals surface area contributed by atoms with Crippen molar-refractivity contribution in [1.82, 2.24) is 0 Å². The predicted molar refractivity (Wildman–Crippen MR) is 117 cm³/mol. The van der Waals surface area contributed by atoms with Gasteiger partial charge in [0.1, 0.15) is 5.75 Å². The number of nitrogens with one attached hydrogen (secondary N) is 1. The third-order valence-electron chi connectivity index (χ3n) is 3.62. The minimum absolute atomic E-state index is 0.118. The maximum atomic E-state index is 12.2. The molecule has 2 N–H and O–H groups in total. The summed E-state index contributed by atoms with van der Waals surface area (Å²) in [5.74, 6) is -0.120. The molecule has 0 saturated carbocycles. The second kappa shape index (κ2) is 8.69. The predicted octanol–water partition coefficient (Wildman–Crippen LogP) is 6.57. The van der Waals surface area contributed by atoms with Gasteiger partial charge in [0.25, 0.3) is 5.91 Å². The molecule has 3 rings (SSSR count). The van der Waals surface area contributed by atoms with Gasteiger partial charge in [-0.15, -0.1) is 0 Å². The highest BCUT2D eigenvalue weighted by molar-refractivity contribution is 9.11. The molecule has 0 heterocycles. The number of hydrogen-bond donors (Lipinski definition) is 2. The topological polar surface area (TPSA) is 61.7 Å². The highest BCUT2D eigenvalue weighted by Gasteiger charge is 2.07. The Kier molecular flexibility index (Phi) is 6.31. The van der Waals surface area contributed by atoms with Crippen molar-refractivity contribution in [3.05, 3.63) is 85.8 Å². The number of aromatic hydroxyl groups is 1. The number of hydrogen-bond acceptors (Lipinski definition) is 3. The Labute approximate surface area is 178 Å². The Bertz CT molecular complexity index is 1020. The van der Waals surface area contributed by atoms with E-state index in [1.165, 1.54) is 0 Å². The first kappa shape index (κ1) is 19.6. The normalized spacial score (nSPS) is 10.9. The van der Waals surface area contributed by atoms with E-state index in [2.05, 4.69) is 42.2 Å². The number of aliphatic imine (C=N–C) groups is 1. The third-order valence-corrected chi connectivity index (χ3v) is 4.92. The molecule has 0 fully saturated rings. The zero-order valence-electron chi connectivity index (χ0n) is 13.8. The number of phenolic OH excluding ortho intramolecular Hbond substituents is 1. The molecule has 7 heteroatoms. The van der Waals surface area contributed by atoms with Crippen LogP contribution in [0.1, 0.15) is 15.9 Å². The van der Waals surface area contributed by atoms with E-state index in [1.807, 2.05) is 0 Å². The van der Waals surface area contributed by atoms with Crippen LogP contribution in [0.3, 0.4) is 0 Å². The summed E-state index contributed by atoms with van der Waals surface area (Å²) in [6.07, 6.45) is 1.57. The van der Waals surface area contributed by atoms with Crippen LogP contribution in [-0.2, 0) is 0 Å². The van der Waals surface area contributed by atoms with Crippen molar-refractivity contribution >= 4 is 67.0 Å². The summed E-state index contributed by atoms with van der Waals surface area (Å²) in [7, 11) is 0. The van der Waals surface area contributed by atoms with Crippen molar-refractivity contribution in [3.8, 4) is 5.75 Å². The lowest BCUT2D eigenvalue weighted by Crippen LogP contribution is -2.11. The van der Waals surface area contributed by atoms with Gasteiger partial charge in [0.05, 0.1) is 10.2 Å². The molecule has 0 atom stereocenters. The van der Waals surface area contributed by atoms with Gasteiger partial charge < -0.3 is 10.4 Å². The number of benzene rings is 3. The van der Waals surface area contributed by atoms with Crippen molar-refractivity contribution in [3.63, 3.8) is 0 Å². The zero-order chi connectivity index (χ0) is 19.4. The zero-order valence-corrected chi connectivity index (χ0v) is 17.7. The van der Waals surface area contributed by atoms with Crippen molar-refractivity contribution in [2.75, 3.05) is 5.32 Å². The maximum Gasteiger partial charge on any atom is 0.255 e. The smallest absolute Gasteiger partial charge is 0.255 e. The number of amides is 1. The van der Waals surface area contributed by atoms with Gasteiger partial charge in [-0.25, -0.2) is 0 Å². The molecule has 0 aliphatic rings. The summed E-state index contributed by atoms with van der Waals surface area (Å²) >= 11 is 12.6. The van der Waals surface area contributed by atoms with E-state index >= 15 is 0 Å². The molecule has 0 aromatic heterocycles. The second-order valence-corrected chi connectivity index (χ2v) is 7.80. The first-order valence-electron chi connectivity index (χ1n) is 7.81. The van der Waals surface area contributed by atoms with Crippen LogP contribution in [0.4, 0.5) is 11.4 Å². The van der Waals surface area contributed by atoms with E-state index < -0.39 is 0 Å². The third kappa shape index (κ3) is 5.19. The number of nitrogens with zero attached hydrogens (tertiary/aromatic N) is 1. The lowest BCUT2D eigenvalue weighted by Gasteiger charge is -2.06. The Morgan fingerprint density at radius 3 is 2.52 bits per heavy atom. The minimum atomic E-state index is -0.238. The van der Waals surface area contributed by atoms with Crippen LogP contribution in [0.25, 0.3) is 0 Å². The Hall–Kier alpha value is -2.15. The van der Waals surface area contributed by atoms with E-state index in [0.717, 1.165) is 4.47 Å². The highest BCUT2D eigenvalue weighted by atomic mass is 79.9. The van der Waals surface area contributed by atoms with Crippen LogP contribution in [0.15, 0.2) is 74.6 Å². The quantitative estimate of drug-likeness (QED) is 0.392. The van der Waals surface area contributed by atoms with Gasteiger partial charge >= 0.3 is 0 Å². The van der Waals surface area contributed by atoms with E-state index in [9.17, 15) is 9.90 Å². The SMILES string of the molecule is O=C(Nc1ccc(N=Cc2cc(Br)cc(Br)c2O)cc1)c1cccc(Cl)c1. The summed E-state index contributed by atoms with van der Waals surface area (Å²) in [6.45, 7) is 0. The summed E-state index contributed by atoms with van der Waals surface area (Å²) in [5.41, 5.74) is 2.40. The van der Waals surface area contributed by atoms with E-state index in [1.54, 1.807) is 66.9 Å². The summed E-state index contributed by atoms with van der Waals surface area (Å²) < 4.78 is 1.41.